The summed E-state index contributed by atoms with van der Waals surface area (Å²) in [5.41, 5.74) is 5.81. The molecular formula is C9H10BrFN2O. The molecule has 0 fully saturated rings. The molecule has 5 heteroatoms. The second-order valence-corrected chi connectivity index (χ2v) is 3.63. The number of rotatable bonds is 3. The fourth-order valence-electron chi connectivity index (χ4n) is 1.18. The van der Waals surface area contributed by atoms with Crippen LogP contribution in [0.25, 0.3) is 0 Å². The van der Waals surface area contributed by atoms with Crippen LogP contribution in [0.2, 0.25) is 0 Å². The predicted octanol–water partition coefficient (Wildman–Crippen LogP) is 2.03. The number of amides is 1. The molecule has 0 spiro atoms. The Hall–Kier alpha value is -0.970. The van der Waals surface area contributed by atoms with Gasteiger partial charge in [0, 0.05) is 0 Å². The summed E-state index contributed by atoms with van der Waals surface area (Å²) in [4.78, 5) is 14.7. The highest BCUT2D eigenvalue weighted by molar-refractivity contribution is 9.10. The van der Waals surface area contributed by atoms with E-state index in [0.29, 0.717) is 12.0 Å². The number of aromatic nitrogens is 1. The van der Waals surface area contributed by atoms with E-state index in [0.717, 1.165) is 6.42 Å². The molecule has 0 saturated carbocycles. The van der Waals surface area contributed by atoms with Crippen LogP contribution < -0.4 is 5.73 Å². The normalized spacial score (nSPS) is 10.2. The third kappa shape index (κ3) is 2.29. The molecule has 0 aromatic carbocycles. The summed E-state index contributed by atoms with van der Waals surface area (Å²) in [7, 11) is 0. The summed E-state index contributed by atoms with van der Waals surface area (Å²) in [5.74, 6) is -1.10. The molecule has 3 nitrogen and oxygen atoms in total. The first-order valence-electron chi connectivity index (χ1n) is 4.21. The third-order valence-corrected chi connectivity index (χ3v) is 2.32. The fraction of sp³-hybridized carbons (Fsp3) is 0.333. The molecule has 0 unspecified atom stereocenters. The highest BCUT2D eigenvalue weighted by atomic mass is 79.9. The van der Waals surface area contributed by atoms with Gasteiger partial charge in [-0.05, 0) is 34.0 Å². The number of aryl methyl sites for hydroxylation is 1. The number of carbonyl (C=O) groups is 1. The Morgan fingerprint density at radius 1 is 1.71 bits per heavy atom. The summed E-state index contributed by atoms with van der Waals surface area (Å²) < 4.78 is 13.1. The van der Waals surface area contributed by atoms with Gasteiger partial charge in [-0.15, -0.1) is 0 Å². The zero-order valence-electron chi connectivity index (χ0n) is 7.68. The molecule has 1 aromatic rings. The molecule has 1 heterocycles. The molecule has 0 saturated heterocycles. The lowest BCUT2D eigenvalue weighted by Crippen LogP contribution is -2.16. The minimum absolute atomic E-state index is 0.0196. The monoisotopic (exact) mass is 260 g/mol. The van der Waals surface area contributed by atoms with Crippen molar-refractivity contribution in [3.05, 3.63) is 27.7 Å². The molecule has 0 aliphatic rings. The van der Waals surface area contributed by atoms with Crippen LogP contribution in [0.15, 0.2) is 10.7 Å². The summed E-state index contributed by atoms with van der Waals surface area (Å²) in [5, 5.41) is 0. The highest BCUT2D eigenvalue weighted by Crippen LogP contribution is 2.17. The summed E-state index contributed by atoms with van der Waals surface area (Å²) in [6.45, 7) is 1.94. The van der Waals surface area contributed by atoms with E-state index in [-0.39, 0.29) is 10.3 Å². The fourth-order valence-corrected chi connectivity index (χ4v) is 1.47. The number of nitrogens with two attached hydrogens (primary N) is 1. The molecule has 0 aliphatic heterocycles. The van der Waals surface area contributed by atoms with Crippen LogP contribution in [0, 0.1) is 5.82 Å². The molecule has 14 heavy (non-hydrogen) atoms. The van der Waals surface area contributed by atoms with E-state index in [4.69, 9.17) is 5.73 Å². The van der Waals surface area contributed by atoms with E-state index in [1.165, 1.54) is 6.07 Å². The van der Waals surface area contributed by atoms with Gasteiger partial charge in [-0.2, -0.15) is 0 Å². The van der Waals surface area contributed by atoms with Gasteiger partial charge in [0.1, 0.15) is 10.3 Å². The van der Waals surface area contributed by atoms with Crippen molar-refractivity contribution < 1.29 is 9.18 Å². The standard InChI is InChI=1S/C9H10BrFN2O/c1-2-3-5-4-6(11)8(10)13-7(5)9(12)14/h4H,2-3H2,1H3,(H2,12,14). The molecule has 0 bridgehead atoms. The van der Waals surface area contributed by atoms with Gasteiger partial charge < -0.3 is 5.73 Å². The average Bonchev–Trinajstić information content (AvgIpc) is 2.11. The molecule has 0 radical (unpaired) electrons. The Morgan fingerprint density at radius 3 is 2.86 bits per heavy atom. The molecule has 0 aliphatic carbocycles. The zero-order valence-corrected chi connectivity index (χ0v) is 9.27. The summed E-state index contributed by atoms with van der Waals surface area (Å²) in [6.07, 6.45) is 1.40. The van der Waals surface area contributed by atoms with Crippen molar-refractivity contribution in [2.24, 2.45) is 5.73 Å². The van der Waals surface area contributed by atoms with Crippen LogP contribution in [-0.4, -0.2) is 10.9 Å². The van der Waals surface area contributed by atoms with E-state index in [1.807, 2.05) is 6.92 Å². The number of hydrogen-bond acceptors (Lipinski definition) is 2. The number of pyridine rings is 1. The van der Waals surface area contributed by atoms with Gasteiger partial charge in [0.05, 0.1) is 0 Å². The third-order valence-electron chi connectivity index (χ3n) is 1.76. The van der Waals surface area contributed by atoms with Crippen molar-refractivity contribution >= 4 is 21.8 Å². The van der Waals surface area contributed by atoms with Crippen LogP contribution in [0.4, 0.5) is 4.39 Å². The SMILES string of the molecule is CCCc1cc(F)c(Br)nc1C(N)=O. The predicted molar refractivity (Wildman–Crippen MR) is 54.4 cm³/mol. The molecule has 1 amide bonds. The molecule has 1 aromatic heterocycles. The van der Waals surface area contributed by atoms with Crippen LogP contribution >= 0.6 is 15.9 Å². The van der Waals surface area contributed by atoms with E-state index in [2.05, 4.69) is 20.9 Å². The quantitative estimate of drug-likeness (QED) is 0.846. The number of halogens is 2. The average molecular weight is 261 g/mol. The molecule has 76 valence electrons. The molecule has 1 rings (SSSR count). The molecule has 0 atom stereocenters. The second kappa shape index (κ2) is 4.50. The Kier molecular flexibility index (Phi) is 3.57. The smallest absolute Gasteiger partial charge is 0.267 e. The van der Waals surface area contributed by atoms with E-state index in [9.17, 15) is 9.18 Å². The lowest BCUT2D eigenvalue weighted by atomic mass is 10.1. The lowest BCUT2D eigenvalue weighted by Gasteiger charge is -2.05. The molecule has 2 N–H and O–H groups in total. The number of hydrogen-bond donors (Lipinski definition) is 1. The number of primary amides is 1. The summed E-state index contributed by atoms with van der Waals surface area (Å²) in [6, 6.07) is 1.29. The minimum Gasteiger partial charge on any atom is -0.364 e. The first-order chi connectivity index (χ1) is 6.56. The van der Waals surface area contributed by atoms with Crippen LogP contribution in [0.3, 0.4) is 0 Å². The Labute approximate surface area is 89.6 Å². The van der Waals surface area contributed by atoms with Crippen LogP contribution in [0.5, 0.6) is 0 Å². The van der Waals surface area contributed by atoms with Crippen LogP contribution in [-0.2, 0) is 6.42 Å². The van der Waals surface area contributed by atoms with Crippen LogP contribution in [0.1, 0.15) is 29.4 Å². The van der Waals surface area contributed by atoms with Gasteiger partial charge in [-0.1, -0.05) is 13.3 Å². The van der Waals surface area contributed by atoms with Crippen molar-refractivity contribution in [1.29, 1.82) is 0 Å². The van der Waals surface area contributed by atoms with Crippen molar-refractivity contribution in [2.75, 3.05) is 0 Å². The maximum atomic E-state index is 13.1. The van der Waals surface area contributed by atoms with Gasteiger partial charge in [0.2, 0.25) is 0 Å². The van der Waals surface area contributed by atoms with Crippen molar-refractivity contribution in [1.82, 2.24) is 4.98 Å². The maximum Gasteiger partial charge on any atom is 0.267 e. The van der Waals surface area contributed by atoms with Gasteiger partial charge in [-0.25, -0.2) is 9.37 Å². The largest absolute Gasteiger partial charge is 0.364 e. The second-order valence-electron chi connectivity index (χ2n) is 2.88. The Bertz CT molecular complexity index is 368. The van der Waals surface area contributed by atoms with Gasteiger partial charge in [0.15, 0.2) is 5.82 Å². The maximum absolute atomic E-state index is 13.1. The Morgan fingerprint density at radius 2 is 2.36 bits per heavy atom. The minimum atomic E-state index is -0.630. The van der Waals surface area contributed by atoms with Crippen molar-refractivity contribution in [3.8, 4) is 0 Å². The number of carbonyl (C=O) groups excluding carboxylic acids is 1. The first kappa shape index (κ1) is 11.1. The topological polar surface area (TPSA) is 56.0 Å². The van der Waals surface area contributed by atoms with E-state index >= 15 is 0 Å². The van der Waals surface area contributed by atoms with Gasteiger partial charge in [-0.3, -0.25) is 4.79 Å². The van der Waals surface area contributed by atoms with E-state index < -0.39 is 11.7 Å². The van der Waals surface area contributed by atoms with Crippen molar-refractivity contribution in [3.63, 3.8) is 0 Å². The van der Waals surface area contributed by atoms with Crippen molar-refractivity contribution in [2.45, 2.75) is 19.8 Å². The lowest BCUT2D eigenvalue weighted by molar-refractivity contribution is 0.0994. The summed E-state index contributed by atoms with van der Waals surface area (Å²) >= 11 is 2.91. The highest BCUT2D eigenvalue weighted by Gasteiger charge is 2.13. The number of nitrogens with zero attached hydrogens (tertiary/aromatic N) is 1. The van der Waals surface area contributed by atoms with Gasteiger partial charge in [0.25, 0.3) is 5.91 Å². The molecular weight excluding hydrogens is 251 g/mol. The van der Waals surface area contributed by atoms with Gasteiger partial charge >= 0.3 is 0 Å². The zero-order chi connectivity index (χ0) is 10.7. The Balaban J connectivity index is 3.24. The van der Waals surface area contributed by atoms with E-state index in [1.54, 1.807) is 0 Å². The first-order valence-corrected chi connectivity index (χ1v) is 5.00.